The summed E-state index contributed by atoms with van der Waals surface area (Å²) in [6.45, 7) is 2.96. The minimum atomic E-state index is -3.58. The van der Waals surface area contributed by atoms with Crippen molar-refractivity contribution in [2.75, 3.05) is 17.8 Å². The van der Waals surface area contributed by atoms with Crippen LogP contribution in [0.25, 0.3) is 0 Å². The maximum absolute atomic E-state index is 12.6. The van der Waals surface area contributed by atoms with Gasteiger partial charge in [0.25, 0.3) is 0 Å². The molecule has 122 valence electrons. The van der Waals surface area contributed by atoms with Crippen LogP contribution >= 0.6 is 0 Å². The fourth-order valence-electron chi connectivity index (χ4n) is 2.82. The molecule has 0 atom stereocenters. The summed E-state index contributed by atoms with van der Waals surface area (Å²) < 4.78 is 29.4. The van der Waals surface area contributed by atoms with Gasteiger partial charge >= 0.3 is 10.2 Å². The lowest BCUT2D eigenvalue weighted by atomic mass is 10.0. The van der Waals surface area contributed by atoms with Gasteiger partial charge in [-0.2, -0.15) is 12.7 Å². The number of anilines is 1. The van der Waals surface area contributed by atoms with Crippen molar-refractivity contribution in [1.82, 2.24) is 9.29 Å². The highest BCUT2D eigenvalue weighted by Gasteiger charge is 2.24. The molecule has 0 saturated heterocycles. The van der Waals surface area contributed by atoms with Crippen molar-refractivity contribution < 1.29 is 8.42 Å². The molecule has 0 radical (unpaired) electrons. The van der Waals surface area contributed by atoms with E-state index in [1.54, 1.807) is 6.07 Å². The second-order valence-corrected chi connectivity index (χ2v) is 7.31. The van der Waals surface area contributed by atoms with E-state index in [-0.39, 0.29) is 0 Å². The number of nitrogens with one attached hydrogen (secondary N) is 1. The van der Waals surface area contributed by atoms with Crippen LogP contribution in [0, 0.1) is 0 Å². The maximum Gasteiger partial charge on any atom is 0.302 e. The first kappa shape index (κ1) is 16.0. The molecule has 0 fully saturated rings. The van der Waals surface area contributed by atoms with Crippen LogP contribution < -0.4 is 4.72 Å². The summed E-state index contributed by atoms with van der Waals surface area (Å²) in [4.78, 5) is 4.32. The van der Waals surface area contributed by atoms with Gasteiger partial charge in [-0.1, -0.05) is 37.3 Å². The third-order valence-electron chi connectivity index (χ3n) is 4.12. The smallest absolute Gasteiger partial charge is 0.254 e. The molecule has 2 aromatic rings. The number of nitrogens with zero attached hydrogens (tertiary/aromatic N) is 2. The highest BCUT2D eigenvalue weighted by molar-refractivity contribution is 7.90. The lowest BCUT2D eigenvalue weighted by molar-refractivity contribution is 0.430. The van der Waals surface area contributed by atoms with E-state index in [9.17, 15) is 8.42 Å². The van der Waals surface area contributed by atoms with Crippen LogP contribution in [-0.2, 0) is 29.5 Å². The summed E-state index contributed by atoms with van der Waals surface area (Å²) in [7, 11) is -3.58. The molecule has 0 amide bonds. The molecule has 2 heterocycles. The molecule has 0 bridgehead atoms. The number of fused-ring (bicyclic) bond motifs is 1. The Morgan fingerprint density at radius 2 is 1.70 bits per heavy atom. The fourth-order valence-corrected chi connectivity index (χ4v) is 3.99. The first-order valence-electron chi connectivity index (χ1n) is 7.89. The summed E-state index contributed by atoms with van der Waals surface area (Å²) in [5.74, 6) is 0.381. The van der Waals surface area contributed by atoms with Crippen molar-refractivity contribution in [3.63, 3.8) is 0 Å². The Labute approximate surface area is 137 Å². The van der Waals surface area contributed by atoms with Gasteiger partial charge in [-0.15, -0.1) is 0 Å². The van der Waals surface area contributed by atoms with Crippen molar-refractivity contribution >= 4 is 16.0 Å². The van der Waals surface area contributed by atoms with Crippen molar-refractivity contribution in [3.05, 3.63) is 59.3 Å². The molecule has 23 heavy (non-hydrogen) atoms. The van der Waals surface area contributed by atoms with E-state index in [0.717, 1.165) is 25.0 Å². The van der Waals surface area contributed by atoms with E-state index in [0.29, 0.717) is 18.9 Å². The minimum absolute atomic E-state index is 0.381. The Balaban J connectivity index is 1.75. The van der Waals surface area contributed by atoms with E-state index >= 15 is 0 Å². The Bertz CT molecular complexity index is 763. The normalized spacial score (nSPS) is 15.7. The molecular weight excluding hydrogens is 310 g/mol. The number of benzene rings is 1. The van der Waals surface area contributed by atoms with Crippen molar-refractivity contribution in [1.29, 1.82) is 0 Å². The number of aromatic nitrogens is 1. The van der Waals surface area contributed by atoms with Gasteiger partial charge in [0.05, 0.1) is 0 Å². The third-order valence-corrected chi connectivity index (χ3v) is 5.63. The average molecular weight is 331 g/mol. The zero-order valence-corrected chi connectivity index (χ0v) is 14.0. The maximum atomic E-state index is 12.6. The summed E-state index contributed by atoms with van der Waals surface area (Å²) in [5.41, 5.74) is 3.33. The third kappa shape index (κ3) is 3.71. The Morgan fingerprint density at radius 1 is 1.04 bits per heavy atom. The standard InChI is InChI=1S/C17H21N3O2S/c1-2-16-8-5-9-17(18-16)19-23(21,22)20-12-10-14-6-3-4-7-15(14)11-13-20/h3-9H,2,10-13H2,1H3,(H,18,19). The molecule has 1 aliphatic rings. The van der Waals surface area contributed by atoms with Crippen LogP contribution in [0.1, 0.15) is 23.7 Å². The lowest BCUT2D eigenvalue weighted by Crippen LogP contribution is -2.37. The first-order chi connectivity index (χ1) is 11.1. The molecule has 1 aromatic heterocycles. The Hall–Kier alpha value is -1.92. The molecule has 1 N–H and O–H groups in total. The molecule has 3 rings (SSSR count). The predicted octanol–water partition coefficient (Wildman–Crippen LogP) is 2.40. The van der Waals surface area contributed by atoms with Crippen LogP contribution in [0.5, 0.6) is 0 Å². The van der Waals surface area contributed by atoms with E-state index in [4.69, 9.17) is 0 Å². The van der Waals surface area contributed by atoms with Crippen LogP contribution in [-0.4, -0.2) is 30.8 Å². The van der Waals surface area contributed by atoms with E-state index in [2.05, 4.69) is 21.8 Å². The van der Waals surface area contributed by atoms with Crippen molar-refractivity contribution in [2.24, 2.45) is 0 Å². The molecular formula is C17H21N3O2S. The zero-order valence-electron chi connectivity index (χ0n) is 13.2. The quantitative estimate of drug-likeness (QED) is 0.936. The second-order valence-electron chi connectivity index (χ2n) is 5.64. The molecule has 5 nitrogen and oxygen atoms in total. The molecule has 0 saturated carbocycles. The minimum Gasteiger partial charge on any atom is -0.254 e. The van der Waals surface area contributed by atoms with Crippen molar-refractivity contribution in [2.45, 2.75) is 26.2 Å². The Kier molecular flexibility index (Phi) is 4.63. The topological polar surface area (TPSA) is 62.3 Å². The van der Waals surface area contributed by atoms with Gasteiger partial charge in [0, 0.05) is 18.8 Å². The molecule has 0 unspecified atom stereocenters. The van der Waals surface area contributed by atoms with Gasteiger partial charge in [-0.3, -0.25) is 4.72 Å². The largest absolute Gasteiger partial charge is 0.302 e. The van der Waals surface area contributed by atoms with Crippen molar-refractivity contribution in [3.8, 4) is 0 Å². The summed E-state index contributed by atoms with van der Waals surface area (Å²) in [6, 6.07) is 13.5. The molecule has 1 aliphatic heterocycles. The molecule has 0 aliphatic carbocycles. The zero-order chi connectivity index (χ0) is 16.3. The first-order valence-corrected chi connectivity index (χ1v) is 9.33. The number of rotatable bonds is 4. The fraction of sp³-hybridized carbons (Fsp3) is 0.353. The lowest BCUT2D eigenvalue weighted by Gasteiger charge is -2.20. The van der Waals surface area contributed by atoms with Crippen LogP contribution in [0.2, 0.25) is 0 Å². The average Bonchev–Trinajstić information content (AvgIpc) is 2.77. The van der Waals surface area contributed by atoms with Gasteiger partial charge in [0.2, 0.25) is 0 Å². The summed E-state index contributed by atoms with van der Waals surface area (Å²) in [5, 5.41) is 0. The predicted molar refractivity (Wildman–Crippen MR) is 91.6 cm³/mol. The number of pyridine rings is 1. The SMILES string of the molecule is CCc1cccc(NS(=O)(=O)N2CCc3ccccc3CC2)n1. The monoisotopic (exact) mass is 331 g/mol. The van der Waals surface area contributed by atoms with Gasteiger partial charge in [0.1, 0.15) is 5.82 Å². The number of hydrogen-bond acceptors (Lipinski definition) is 3. The van der Waals surface area contributed by atoms with Gasteiger partial charge < -0.3 is 0 Å². The highest BCUT2D eigenvalue weighted by Crippen LogP contribution is 2.18. The molecule has 1 aromatic carbocycles. The van der Waals surface area contributed by atoms with E-state index in [1.165, 1.54) is 15.4 Å². The van der Waals surface area contributed by atoms with E-state index in [1.807, 2.05) is 31.2 Å². The summed E-state index contributed by atoms with van der Waals surface area (Å²) >= 11 is 0. The Morgan fingerprint density at radius 3 is 2.30 bits per heavy atom. The highest BCUT2D eigenvalue weighted by atomic mass is 32.2. The number of hydrogen-bond donors (Lipinski definition) is 1. The van der Waals surface area contributed by atoms with E-state index < -0.39 is 10.2 Å². The summed E-state index contributed by atoms with van der Waals surface area (Å²) in [6.07, 6.45) is 2.24. The molecule has 0 spiro atoms. The molecule has 6 heteroatoms. The van der Waals surface area contributed by atoms with Gasteiger partial charge in [-0.25, -0.2) is 4.98 Å². The van der Waals surface area contributed by atoms with Crippen LogP contribution in [0.3, 0.4) is 0 Å². The van der Waals surface area contributed by atoms with Gasteiger partial charge in [0.15, 0.2) is 0 Å². The number of aryl methyl sites for hydroxylation is 1. The van der Waals surface area contributed by atoms with Crippen LogP contribution in [0.15, 0.2) is 42.5 Å². The van der Waals surface area contributed by atoms with Gasteiger partial charge in [-0.05, 0) is 42.5 Å². The van der Waals surface area contributed by atoms with Crippen LogP contribution in [0.4, 0.5) is 5.82 Å². The second kappa shape index (κ2) is 6.68.